The highest BCUT2D eigenvalue weighted by Crippen LogP contribution is 2.46. The van der Waals surface area contributed by atoms with E-state index in [0.29, 0.717) is 0 Å². The minimum absolute atomic E-state index is 0.181. The Morgan fingerprint density at radius 1 is 0.659 bits per heavy atom. The van der Waals surface area contributed by atoms with Crippen LogP contribution >= 0.6 is 0 Å². The molecule has 2 atom stereocenters. The topological polar surface area (TPSA) is 52.6 Å². The summed E-state index contributed by atoms with van der Waals surface area (Å²) in [7, 11) is 0. The largest absolute Gasteiger partial charge is 0.425 e. The Morgan fingerprint density at radius 3 is 1.41 bits per heavy atom. The van der Waals surface area contributed by atoms with E-state index in [0.717, 1.165) is 20.8 Å². The highest BCUT2D eigenvalue weighted by Gasteiger charge is 2.46. The van der Waals surface area contributed by atoms with Gasteiger partial charge in [0.2, 0.25) is 0 Å². The molecule has 0 saturated heterocycles. The molecule has 2 rings (SSSR count). The van der Waals surface area contributed by atoms with Crippen molar-refractivity contribution in [2.24, 2.45) is 11.8 Å². The Bertz CT molecular complexity index is 1270. The van der Waals surface area contributed by atoms with Gasteiger partial charge in [-0.25, -0.2) is 0 Å². The number of hydrogen-bond acceptors (Lipinski definition) is 4. The molecule has 2 aromatic carbocycles. The number of hydrogen-bond donors (Lipinski definition) is 0. The quantitative estimate of drug-likeness (QED) is 0.142. The maximum Gasteiger partial charge on any atom is 0.420 e. The molecule has 0 fully saturated rings. The van der Waals surface area contributed by atoms with E-state index in [2.05, 4.69) is 9.47 Å². The Kier molecular flexibility index (Phi) is 9.41. The summed E-state index contributed by atoms with van der Waals surface area (Å²) in [5.74, 6) is -11.0. The summed E-state index contributed by atoms with van der Waals surface area (Å²) in [6.07, 6.45) is -21.9. The second kappa shape index (κ2) is 11.4. The Morgan fingerprint density at radius 2 is 1.05 bits per heavy atom. The predicted molar refractivity (Wildman–Crippen MR) is 117 cm³/mol. The third kappa shape index (κ3) is 7.85. The third-order valence-electron chi connectivity index (χ3n) is 5.88. The zero-order valence-corrected chi connectivity index (χ0v) is 21.3. The SMILES string of the molecule is CCC(C)C(C(=O)Oc1c(C)cc(C(F)(F)F)cc1C(F)(F)F)C(=O)Oc1c(C(F)(F)F)cc(C)cc1C(F)(F)F. The molecule has 0 bridgehead atoms. The normalized spacial score (nSPS) is 14.4. The summed E-state index contributed by atoms with van der Waals surface area (Å²) < 4.78 is 171. The monoisotopic (exact) mass is 612 g/mol. The molecule has 0 aliphatic heterocycles. The first-order chi connectivity index (χ1) is 18.4. The molecule has 0 spiro atoms. The van der Waals surface area contributed by atoms with E-state index >= 15 is 0 Å². The van der Waals surface area contributed by atoms with Crippen LogP contribution in [0.15, 0.2) is 24.3 Å². The average Bonchev–Trinajstić information content (AvgIpc) is 2.78. The molecule has 4 nitrogen and oxygen atoms in total. The van der Waals surface area contributed by atoms with Crippen LogP contribution in [0.2, 0.25) is 0 Å². The second-order valence-corrected chi connectivity index (χ2v) is 9.06. The van der Waals surface area contributed by atoms with Crippen molar-refractivity contribution in [2.45, 2.75) is 58.8 Å². The molecule has 0 aliphatic carbocycles. The lowest BCUT2D eigenvalue weighted by Crippen LogP contribution is -2.37. The highest BCUT2D eigenvalue weighted by atomic mass is 19.4. The fourth-order valence-corrected chi connectivity index (χ4v) is 3.71. The molecule has 0 amide bonds. The van der Waals surface area contributed by atoms with Gasteiger partial charge in [0.05, 0.1) is 22.3 Å². The van der Waals surface area contributed by atoms with E-state index in [1.54, 1.807) is 0 Å². The van der Waals surface area contributed by atoms with Crippen molar-refractivity contribution in [3.05, 3.63) is 57.6 Å². The molecule has 0 radical (unpaired) electrons. The van der Waals surface area contributed by atoms with Crippen LogP contribution in [-0.2, 0) is 34.3 Å². The predicted octanol–water partition coefficient (Wildman–Crippen LogP) is 8.55. The summed E-state index contributed by atoms with van der Waals surface area (Å²) in [4.78, 5) is 25.8. The minimum atomic E-state index is -5.51. The maximum atomic E-state index is 13.6. The average molecular weight is 612 g/mol. The molecule has 0 aromatic heterocycles. The Labute approximate surface area is 224 Å². The van der Waals surface area contributed by atoms with Crippen LogP contribution in [0.5, 0.6) is 11.5 Å². The van der Waals surface area contributed by atoms with E-state index in [4.69, 9.17) is 0 Å². The molecule has 41 heavy (non-hydrogen) atoms. The number of alkyl halides is 12. The van der Waals surface area contributed by atoms with Crippen molar-refractivity contribution in [1.82, 2.24) is 0 Å². The van der Waals surface area contributed by atoms with Crippen molar-refractivity contribution in [2.75, 3.05) is 0 Å². The summed E-state index contributed by atoms with van der Waals surface area (Å²) in [5, 5.41) is 0. The van der Waals surface area contributed by atoms with Gasteiger partial charge in [0.25, 0.3) is 0 Å². The molecule has 228 valence electrons. The number of benzene rings is 2. The smallest absolute Gasteiger partial charge is 0.420 e. The van der Waals surface area contributed by atoms with Crippen molar-refractivity contribution < 1.29 is 71.7 Å². The first kappa shape index (κ1) is 33.7. The van der Waals surface area contributed by atoms with Gasteiger partial charge in [0.15, 0.2) is 11.7 Å². The standard InChI is InChI=1S/C25H20F12O4/c1-5-11(3)17(20(38)40-18-12(4)8-13(22(26,27)28)9-16(18)25(35,36)37)21(39)41-19-14(23(29,30)31)6-10(2)7-15(19)24(32,33)34/h6-9,11,17H,5H2,1-4H3. The van der Waals surface area contributed by atoms with Crippen molar-refractivity contribution in [1.29, 1.82) is 0 Å². The van der Waals surface area contributed by atoms with Gasteiger partial charge in [0.1, 0.15) is 5.75 Å². The number of halogens is 12. The number of carbonyl (C=O) groups is 2. The van der Waals surface area contributed by atoms with Gasteiger partial charge in [-0.15, -0.1) is 0 Å². The van der Waals surface area contributed by atoms with Crippen LogP contribution in [0.3, 0.4) is 0 Å². The number of carbonyl (C=O) groups excluding carboxylic acids is 2. The lowest BCUT2D eigenvalue weighted by atomic mass is 9.91. The first-order valence-electron chi connectivity index (χ1n) is 11.4. The van der Waals surface area contributed by atoms with Gasteiger partial charge >= 0.3 is 36.6 Å². The van der Waals surface area contributed by atoms with E-state index in [-0.39, 0.29) is 30.7 Å². The van der Waals surface area contributed by atoms with Crippen LogP contribution in [0, 0.1) is 25.7 Å². The molecule has 0 saturated carbocycles. The van der Waals surface area contributed by atoms with Gasteiger partial charge < -0.3 is 9.47 Å². The lowest BCUT2D eigenvalue weighted by molar-refractivity contribution is -0.156. The van der Waals surface area contributed by atoms with Gasteiger partial charge in [0, 0.05) is 0 Å². The minimum Gasteiger partial charge on any atom is -0.425 e. The van der Waals surface area contributed by atoms with Gasteiger partial charge in [-0.2, -0.15) is 52.7 Å². The molecule has 2 unspecified atom stereocenters. The van der Waals surface area contributed by atoms with E-state index < -0.39 is 93.4 Å². The van der Waals surface area contributed by atoms with Crippen LogP contribution < -0.4 is 9.47 Å². The number of rotatable bonds is 6. The molecule has 0 aliphatic rings. The first-order valence-corrected chi connectivity index (χ1v) is 11.4. The van der Waals surface area contributed by atoms with Gasteiger partial charge in [-0.3, -0.25) is 9.59 Å². The van der Waals surface area contributed by atoms with Gasteiger partial charge in [-0.05, 0) is 55.2 Å². The molecule has 0 heterocycles. The van der Waals surface area contributed by atoms with E-state index in [1.807, 2.05) is 0 Å². The van der Waals surface area contributed by atoms with Crippen LogP contribution in [0.1, 0.15) is 53.6 Å². The molecular formula is C25H20F12O4. The van der Waals surface area contributed by atoms with Crippen molar-refractivity contribution in [3.63, 3.8) is 0 Å². The lowest BCUT2D eigenvalue weighted by Gasteiger charge is -2.24. The second-order valence-electron chi connectivity index (χ2n) is 9.06. The molecule has 2 aromatic rings. The zero-order chi connectivity index (χ0) is 31.9. The Balaban J connectivity index is 2.64. The summed E-state index contributed by atoms with van der Waals surface area (Å²) >= 11 is 0. The molecular weight excluding hydrogens is 592 g/mol. The summed E-state index contributed by atoms with van der Waals surface area (Å²) in [6.45, 7) is 4.04. The highest BCUT2D eigenvalue weighted by molar-refractivity contribution is 5.97. The van der Waals surface area contributed by atoms with Gasteiger partial charge in [-0.1, -0.05) is 20.3 Å². The van der Waals surface area contributed by atoms with Crippen LogP contribution in [0.25, 0.3) is 0 Å². The summed E-state index contributed by atoms with van der Waals surface area (Å²) in [6, 6.07) is 0.348. The zero-order valence-electron chi connectivity index (χ0n) is 21.3. The number of aryl methyl sites for hydroxylation is 2. The fourth-order valence-electron chi connectivity index (χ4n) is 3.71. The maximum absolute atomic E-state index is 13.6. The summed E-state index contributed by atoms with van der Waals surface area (Å²) in [5.41, 5.74) is -9.22. The van der Waals surface area contributed by atoms with Crippen LogP contribution in [-0.4, -0.2) is 11.9 Å². The van der Waals surface area contributed by atoms with E-state index in [1.165, 1.54) is 6.92 Å². The number of ether oxygens (including phenoxy) is 2. The van der Waals surface area contributed by atoms with E-state index in [9.17, 15) is 62.3 Å². The van der Waals surface area contributed by atoms with Crippen molar-refractivity contribution >= 4 is 11.9 Å². The number of esters is 2. The molecule has 16 heteroatoms. The Hall–Kier alpha value is -3.46. The van der Waals surface area contributed by atoms with Crippen molar-refractivity contribution in [3.8, 4) is 11.5 Å². The fraction of sp³-hybridized carbons (Fsp3) is 0.440. The van der Waals surface area contributed by atoms with Crippen LogP contribution in [0.4, 0.5) is 52.7 Å². The third-order valence-corrected chi connectivity index (χ3v) is 5.88. The molecule has 0 N–H and O–H groups in total.